The Bertz CT molecular complexity index is 409. The van der Waals surface area contributed by atoms with Crippen molar-refractivity contribution >= 4 is 5.69 Å². The van der Waals surface area contributed by atoms with Crippen molar-refractivity contribution in [2.75, 3.05) is 32.5 Å². The third-order valence-corrected chi connectivity index (χ3v) is 3.76. The summed E-state index contributed by atoms with van der Waals surface area (Å²) in [7, 11) is 1.64. The second-order valence-corrected chi connectivity index (χ2v) is 5.14. The van der Waals surface area contributed by atoms with Crippen molar-refractivity contribution in [2.24, 2.45) is 0 Å². The summed E-state index contributed by atoms with van der Waals surface area (Å²) in [6.45, 7) is 5.10. The lowest BCUT2D eigenvalue weighted by Crippen LogP contribution is -2.39. The van der Waals surface area contributed by atoms with Gasteiger partial charge >= 0.3 is 0 Å². The first kappa shape index (κ1) is 14.0. The first-order valence-corrected chi connectivity index (χ1v) is 7.01. The van der Waals surface area contributed by atoms with E-state index < -0.39 is 0 Å². The van der Waals surface area contributed by atoms with Crippen LogP contribution in [0.15, 0.2) is 18.2 Å². The van der Waals surface area contributed by atoms with E-state index in [1.807, 2.05) is 18.2 Å². The predicted octanol–water partition coefficient (Wildman–Crippen LogP) is 2.53. The van der Waals surface area contributed by atoms with Crippen molar-refractivity contribution in [2.45, 2.75) is 32.2 Å². The van der Waals surface area contributed by atoms with Crippen LogP contribution in [0.4, 0.5) is 5.69 Å². The molecule has 2 N–H and O–H groups in total. The monoisotopic (exact) mass is 264 g/mol. The molecule has 1 fully saturated rings. The van der Waals surface area contributed by atoms with E-state index in [4.69, 9.17) is 15.2 Å². The topological polar surface area (TPSA) is 47.7 Å². The maximum atomic E-state index is 5.81. The third kappa shape index (κ3) is 3.77. The number of hydrogen-bond donors (Lipinski definition) is 1. The largest absolute Gasteiger partial charge is 0.493 e. The number of ether oxygens (including phenoxy) is 2. The summed E-state index contributed by atoms with van der Waals surface area (Å²) in [5.41, 5.74) is 6.47. The molecule has 0 aromatic heterocycles. The number of hydrogen-bond acceptors (Lipinski definition) is 4. The Morgan fingerprint density at radius 3 is 2.89 bits per heavy atom. The van der Waals surface area contributed by atoms with Crippen molar-refractivity contribution in [1.82, 2.24) is 4.90 Å². The van der Waals surface area contributed by atoms with Crippen LogP contribution in [-0.4, -0.2) is 37.7 Å². The molecule has 1 aromatic carbocycles. The van der Waals surface area contributed by atoms with Gasteiger partial charge in [-0.25, -0.2) is 0 Å². The Labute approximate surface area is 115 Å². The van der Waals surface area contributed by atoms with E-state index in [9.17, 15) is 0 Å². The number of nitrogen functional groups attached to an aromatic ring is 1. The van der Waals surface area contributed by atoms with Crippen molar-refractivity contribution in [1.29, 1.82) is 0 Å². The predicted molar refractivity (Wildman–Crippen MR) is 77.8 cm³/mol. The average Bonchev–Trinajstić information content (AvgIpc) is 2.41. The smallest absolute Gasteiger partial charge is 0.163 e. The van der Waals surface area contributed by atoms with Gasteiger partial charge in [0, 0.05) is 24.3 Å². The maximum Gasteiger partial charge on any atom is 0.163 e. The summed E-state index contributed by atoms with van der Waals surface area (Å²) in [5, 5.41) is 0. The summed E-state index contributed by atoms with van der Waals surface area (Å²) >= 11 is 0. The molecular formula is C15H24N2O2. The van der Waals surface area contributed by atoms with Crippen LogP contribution in [0.2, 0.25) is 0 Å². The number of methoxy groups -OCH3 is 1. The first-order valence-electron chi connectivity index (χ1n) is 7.01. The number of piperidine rings is 1. The molecule has 106 valence electrons. The molecule has 0 radical (unpaired) electrons. The highest BCUT2D eigenvalue weighted by Gasteiger charge is 2.17. The molecule has 0 aliphatic carbocycles. The molecule has 1 unspecified atom stereocenters. The minimum absolute atomic E-state index is 0.667. The van der Waals surface area contributed by atoms with Crippen LogP contribution in [0, 0.1) is 0 Å². The van der Waals surface area contributed by atoms with Crippen LogP contribution in [-0.2, 0) is 0 Å². The fraction of sp³-hybridized carbons (Fsp3) is 0.600. The molecule has 0 spiro atoms. The highest BCUT2D eigenvalue weighted by atomic mass is 16.5. The van der Waals surface area contributed by atoms with Crippen LogP contribution >= 0.6 is 0 Å². The van der Waals surface area contributed by atoms with Gasteiger partial charge in [0.1, 0.15) is 6.61 Å². The van der Waals surface area contributed by atoms with Gasteiger partial charge in [-0.05, 0) is 38.4 Å². The van der Waals surface area contributed by atoms with E-state index in [0.29, 0.717) is 18.3 Å². The number of anilines is 1. The Balaban J connectivity index is 1.86. The van der Waals surface area contributed by atoms with Crippen molar-refractivity contribution in [3.05, 3.63) is 18.2 Å². The molecule has 1 heterocycles. The number of benzene rings is 1. The minimum Gasteiger partial charge on any atom is -0.493 e. The van der Waals surface area contributed by atoms with Gasteiger partial charge in [-0.1, -0.05) is 6.42 Å². The molecule has 1 aromatic rings. The lowest BCUT2D eigenvalue weighted by molar-refractivity contribution is 0.132. The van der Waals surface area contributed by atoms with Gasteiger partial charge in [-0.3, -0.25) is 4.90 Å². The zero-order chi connectivity index (χ0) is 13.7. The Hall–Kier alpha value is -1.42. The minimum atomic E-state index is 0.667. The Morgan fingerprint density at radius 2 is 2.16 bits per heavy atom. The molecule has 1 saturated heterocycles. The average molecular weight is 264 g/mol. The molecule has 19 heavy (non-hydrogen) atoms. The fourth-order valence-corrected chi connectivity index (χ4v) is 2.57. The normalized spacial score (nSPS) is 20.2. The van der Waals surface area contributed by atoms with Gasteiger partial charge in [0.2, 0.25) is 0 Å². The Kier molecular flexibility index (Phi) is 4.91. The maximum absolute atomic E-state index is 5.81. The molecule has 0 amide bonds. The highest BCUT2D eigenvalue weighted by molar-refractivity contribution is 5.51. The third-order valence-electron chi connectivity index (χ3n) is 3.76. The molecule has 1 atom stereocenters. The second-order valence-electron chi connectivity index (χ2n) is 5.14. The molecule has 1 aliphatic heterocycles. The summed E-state index contributed by atoms with van der Waals surface area (Å²) in [5.74, 6) is 1.47. The van der Waals surface area contributed by atoms with Crippen LogP contribution in [0.5, 0.6) is 11.5 Å². The molecule has 0 bridgehead atoms. The molecular weight excluding hydrogens is 240 g/mol. The molecule has 2 rings (SSSR count). The highest BCUT2D eigenvalue weighted by Crippen LogP contribution is 2.29. The number of likely N-dealkylation sites (tertiary alicyclic amines) is 1. The van der Waals surface area contributed by atoms with E-state index in [1.165, 1.54) is 25.8 Å². The number of nitrogens with two attached hydrogens (primary N) is 1. The number of rotatable bonds is 5. The lowest BCUT2D eigenvalue weighted by Gasteiger charge is -2.33. The second kappa shape index (κ2) is 6.66. The van der Waals surface area contributed by atoms with Crippen LogP contribution in [0.3, 0.4) is 0 Å². The van der Waals surface area contributed by atoms with E-state index in [2.05, 4.69) is 11.8 Å². The van der Waals surface area contributed by atoms with Gasteiger partial charge < -0.3 is 15.2 Å². The Morgan fingerprint density at radius 1 is 1.32 bits per heavy atom. The van der Waals surface area contributed by atoms with Crippen LogP contribution in [0.25, 0.3) is 0 Å². The zero-order valence-corrected chi connectivity index (χ0v) is 11.9. The van der Waals surface area contributed by atoms with Gasteiger partial charge in [-0.15, -0.1) is 0 Å². The molecule has 1 aliphatic rings. The quantitative estimate of drug-likeness (QED) is 0.830. The summed E-state index contributed by atoms with van der Waals surface area (Å²) in [6, 6.07) is 6.14. The fourth-order valence-electron chi connectivity index (χ4n) is 2.57. The zero-order valence-electron chi connectivity index (χ0n) is 11.9. The van der Waals surface area contributed by atoms with E-state index in [0.717, 1.165) is 18.0 Å². The van der Waals surface area contributed by atoms with E-state index >= 15 is 0 Å². The van der Waals surface area contributed by atoms with Crippen molar-refractivity contribution < 1.29 is 9.47 Å². The van der Waals surface area contributed by atoms with Crippen LogP contribution in [0.1, 0.15) is 26.2 Å². The van der Waals surface area contributed by atoms with E-state index in [1.54, 1.807) is 7.11 Å². The van der Waals surface area contributed by atoms with Crippen LogP contribution < -0.4 is 15.2 Å². The van der Waals surface area contributed by atoms with Crippen molar-refractivity contribution in [3.63, 3.8) is 0 Å². The van der Waals surface area contributed by atoms with Gasteiger partial charge in [0.15, 0.2) is 11.5 Å². The van der Waals surface area contributed by atoms with Gasteiger partial charge in [-0.2, -0.15) is 0 Å². The first-order chi connectivity index (χ1) is 9.20. The van der Waals surface area contributed by atoms with Crippen molar-refractivity contribution in [3.8, 4) is 11.5 Å². The summed E-state index contributed by atoms with van der Waals surface area (Å²) < 4.78 is 11.1. The van der Waals surface area contributed by atoms with Gasteiger partial charge in [0.05, 0.1) is 7.11 Å². The van der Waals surface area contributed by atoms with Gasteiger partial charge in [0.25, 0.3) is 0 Å². The standard InChI is InChI=1S/C15H24N2O2/c1-12-5-3-4-8-17(12)9-10-19-15-11-13(16)6-7-14(15)18-2/h6-7,11-12H,3-5,8-10,16H2,1-2H3. The summed E-state index contributed by atoms with van der Waals surface area (Å²) in [6.07, 6.45) is 3.94. The molecule has 4 nitrogen and oxygen atoms in total. The SMILES string of the molecule is COc1ccc(N)cc1OCCN1CCCCC1C. The summed E-state index contributed by atoms with van der Waals surface area (Å²) in [4.78, 5) is 2.49. The molecule has 4 heteroatoms. The van der Waals surface area contributed by atoms with E-state index in [-0.39, 0.29) is 0 Å². The number of nitrogens with zero attached hydrogens (tertiary/aromatic N) is 1. The molecule has 0 saturated carbocycles. The lowest BCUT2D eigenvalue weighted by atomic mass is 10.0.